The number of likely N-dealkylation sites (N-methyl/N-ethyl adjacent to an activating group) is 1. The lowest BCUT2D eigenvalue weighted by Crippen LogP contribution is -2.23. The number of nitrogens with zero attached hydrogens (tertiary/aromatic N) is 2. The number of hydrogen-bond donors (Lipinski definition) is 0. The van der Waals surface area contributed by atoms with Crippen LogP contribution in [0.15, 0.2) is 69.9 Å². The van der Waals surface area contributed by atoms with E-state index in [-0.39, 0.29) is 5.91 Å². The fourth-order valence-electron chi connectivity index (χ4n) is 2.91. The van der Waals surface area contributed by atoms with Gasteiger partial charge in [-0.15, -0.1) is 11.3 Å². The number of rotatable bonds is 5. The first-order valence-corrected chi connectivity index (χ1v) is 10.9. The van der Waals surface area contributed by atoms with Gasteiger partial charge in [-0.25, -0.2) is 4.99 Å². The van der Waals surface area contributed by atoms with Gasteiger partial charge in [-0.05, 0) is 76.8 Å². The van der Waals surface area contributed by atoms with Gasteiger partial charge in [-0.1, -0.05) is 12.1 Å². The number of benzene rings is 2. The summed E-state index contributed by atoms with van der Waals surface area (Å²) in [5, 5.41) is 2.75. The molecule has 1 saturated heterocycles. The van der Waals surface area contributed by atoms with Crippen molar-refractivity contribution in [1.29, 1.82) is 0 Å². The highest BCUT2D eigenvalue weighted by Gasteiger charge is 2.30. The Kier molecular flexibility index (Phi) is 5.92. The number of aliphatic imine (C=N–C) groups is 1. The van der Waals surface area contributed by atoms with Crippen LogP contribution in [0.5, 0.6) is 11.5 Å². The zero-order valence-corrected chi connectivity index (χ0v) is 18.4. The van der Waals surface area contributed by atoms with E-state index < -0.39 is 0 Å². The lowest BCUT2D eigenvalue weighted by atomic mass is 10.1. The Labute approximate surface area is 183 Å². The molecule has 0 spiro atoms. The average molecular weight is 437 g/mol. The van der Waals surface area contributed by atoms with Gasteiger partial charge in [0.15, 0.2) is 5.17 Å². The number of hydrogen-bond acceptors (Lipinski definition) is 6. The van der Waals surface area contributed by atoms with Crippen molar-refractivity contribution in [3.05, 3.63) is 69.8 Å². The highest BCUT2D eigenvalue weighted by Crippen LogP contribution is 2.35. The number of carbonyl (C=O) groups excluding carboxylic acids is 1. The van der Waals surface area contributed by atoms with Gasteiger partial charge >= 0.3 is 0 Å². The molecule has 1 aliphatic heterocycles. The number of thioether (sulfide) groups is 1. The Balaban J connectivity index is 1.54. The highest BCUT2D eigenvalue weighted by atomic mass is 32.2. The lowest BCUT2D eigenvalue weighted by Gasteiger charge is -2.07. The van der Waals surface area contributed by atoms with E-state index >= 15 is 0 Å². The van der Waals surface area contributed by atoms with Crippen molar-refractivity contribution in [2.45, 2.75) is 0 Å². The molecule has 0 aliphatic carbocycles. The summed E-state index contributed by atoms with van der Waals surface area (Å²) < 4.78 is 10.4. The summed E-state index contributed by atoms with van der Waals surface area (Å²) in [5.41, 5.74) is 3.00. The normalized spacial score (nSPS) is 16.5. The third-order valence-electron chi connectivity index (χ3n) is 4.62. The van der Waals surface area contributed by atoms with Crippen LogP contribution in [0.1, 0.15) is 4.88 Å². The zero-order valence-electron chi connectivity index (χ0n) is 16.8. The molecule has 1 amide bonds. The molecule has 152 valence electrons. The molecule has 5 nitrogen and oxygen atoms in total. The Morgan fingerprint density at radius 2 is 1.57 bits per heavy atom. The topological polar surface area (TPSA) is 51.1 Å². The molecule has 30 heavy (non-hydrogen) atoms. The summed E-state index contributed by atoms with van der Waals surface area (Å²) >= 11 is 2.99. The van der Waals surface area contributed by atoms with E-state index in [9.17, 15) is 4.79 Å². The highest BCUT2D eigenvalue weighted by molar-refractivity contribution is 8.18. The fraction of sp³-hybridized carbons (Fsp3) is 0.130. The van der Waals surface area contributed by atoms with Crippen LogP contribution in [0.2, 0.25) is 0 Å². The molecule has 0 bridgehead atoms. The summed E-state index contributed by atoms with van der Waals surface area (Å²) in [4.78, 5) is 20.6. The van der Waals surface area contributed by atoms with Crippen LogP contribution in [-0.2, 0) is 4.79 Å². The third kappa shape index (κ3) is 4.27. The van der Waals surface area contributed by atoms with Crippen molar-refractivity contribution in [1.82, 2.24) is 4.90 Å². The van der Waals surface area contributed by atoms with E-state index in [2.05, 4.69) is 16.4 Å². The van der Waals surface area contributed by atoms with E-state index in [4.69, 9.17) is 9.47 Å². The van der Waals surface area contributed by atoms with Crippen LogP contribution < -0.4 is 9.47 Å². The van der Waals surface area contributed by atoms with E-state index in [0.717, 1.165) is 33.2 Å². The molecule has 7 heteroatoms. The van der Waals surface area contributed by atoms with Crippen molar-refractivity contribution in [3.8, 4) is 22.6 Å². The van der Waals surface area contributed by atoms with Crippen LogP contribution in [0.3, 0.4) is 0 Å². The Hall–Kier alpha value is -3.03. The fourth-order valence-corrected chi connectivity index (χ4v) is 4.81. The lowest BCUT2D eigenvalue weighted by molar-refractivity contribution is -0.121. The maximum atomic E-state index is 12.7. The number of amidine groups is 1. The van der Waals surface area contributed by atoms with Gasteiger partial charge in [0.25, 0.3) is 5.91 Å². The molecule has 0 N–H and O–H groups in total. The first kappa shape index (κ1) is 20.3. The van der Waals surface area contributed by atoms with Crippen molar-refractivity contribution >= 4 is 45.9 Å². The second-order valence-electron chi connectivity index (χ2n) is 6.53. The number of carbonyl (C=O) groups is 1. The Bertz CT molecular complexity index is 1120. The van der Waals surface area contributed by atoms with Crippen molar-refractivity contribution in [2.24, 2.45) is 4.99 Å². The summed E-state index contributed by atoms with van der Waals surface area (Å²) in [5.74, 6) is 1.55. The summed E-state index contributed by atoms with van der Waals surface area (Å²) in [6.07, 6.45) is 1.93. The number of methoxy groups -OCH3 is 2. The minimum Gasteiger partial charge on any atom is -0.497 e. The SMILES string of the molecule is COc1ccc(N=C2S/C(=C\c3cc(-c4ccc(OC)cc4)cs3)C(=O)N2C)cc1. The van der Waals surface area contributed by atoms with Gasteiger partial charge < -0.3 is 9.47 Å². The van der Waals surface area contributed by atoms with Gasteiger partial charge in [0.05, 0.1) is 24.8 Å². The van der Waals surface area contributed by atoms with Gasteiger partial charge in [0.2, 0.25) is 0 Å². The van der Waals surface area contributed by atoms with Crippen molar-refractivity contribution in [2.75, 3.05) is 21.3 Å². The molecule has 2 heterocycles. The minimum atomic E-state index is -0.0494. The standard InChI is InChI=1S/C23H20N2O3S2/c1-25-22(26)21(30-23(25)24-17-6-10-19(28-3)11-7-17)13-20-12-16(14-29-20)15-4-8-18(27-2)9-5-15/h4-14H,1-3H3/b21-13-,24-23?. The Morgan fingerprint density at radius 3 is 2.20 bits per heavy atom. The summed E-state index contributed by atoms with van der Waals surface area (Å²) in [7, 11) is 5.03. The molecule has 1 aromatic heterocycles. The Morgan fingerprint density at radius 1 is 0.933 bits per heavy atom. The number of amides is 1. The third-order valence-corrected chi connectivity index (χ3v) is 6.56. The van der Waals surface area contributed by atoms with Gasteiger partial charge in [0.1, 0.15) is 11.5 Å². The largest absolute Gasteiger partial charge is 0.497 e. The second-order valence-corrected chi connectivity index (χ2v) is 8.49. The van der Waals surface area contributed by atoms with E-state index in [1.54, 1.807) is 37.5 Å². The maximum Gasteiger partial charge on any atom is 0.266 e. The quantitative estimate of drug-likeness (QED) is 0.484. The molecule has 1 fully saturated rings. The van der Waals surface area contributed by atoms with Gasteiger partial charge in [-0.2, -0.15) is 0 Å². The van der Waals surface area contributed by atoms with Gasteiger partial charge in [0, 0.05) is 11.9 Å². The predicted octanol–water partition coefficient (Wildman–Crippen LogP) is 5.67. The first-order valence-electron chi connectivity index (χ1n) is 9.20. The van der Waals surface area contributed by atoms with E-state index in [1.807, 2.05) is 54.6 Å². The molecule has 0 radical (unpaired) electrons. The van der Waals surface area contributed by atoms with E-state index in [1.165, 1.54) is 11.8 Å². The van der Waals surface area contributed by atoms with Gasteiger partial charge in [-0.3, -0.25) is 9.69 Å². The van der Waals surface area contributed by atoms with Crippen LogP contribution in [0.25, 0.3) is 17.2 Å². The molecule has 2 aromatic carbocycles. The minimum absolute atomic E-state index is 0.0494. The average Bonchev–Trinajstić information content (AvgIpc) is 3.35. The van der Waals surface area contributed by atoms with Crippen LogP contribution in [0, 0.1) is 0 Å². The smallest absolute Gasteiger partial charge is 0.266 e. The zero-order chi connectivity index (χ0) is 21.1. The molecule has 3 aromatic rings. The molecule has 0 unspecified atom stereocenters. The summed E-state index contributed by atoms with van der Waals surface area (Å²) in [6.45, 7) is 0. The molecule has 1 aliphatic rings. The first-order chi connectivity index (χ1) is 14.6. The molecule has 0 atom stereocenters. The molecular weight excluding hydrogens is 416 g/mol. The number of thiophene rings is 1. The molecular formula is C23H20N2O3S2. The van der Waals surface area contributed by atoms with Crippen LogP contribution in [0.4, 0.5) is 5.69 Å². The van der Waals surface area contributed by atoms with Crippen molar-refractivity contribution < 1.29 is 14.3 Å². The van der Waals surface area contributed by atoms with E-state index in [0.29, 0.717) is 10.1 Å². The monoisotopic (exact) mass is 436 g/mol. The molecule has 0 saturated carbocycles. The summed E-state index contributed by atoms with van der Waals surface area (Å²) in [6, 6.07) is 17.5. The molecule has 4 rings (SSSR count). The van der Waals surface area contributed by atoms with Crippen molar-refractivity contribution in [3.63, 3.8) is 0 Å². The van der Waals surface area contributed by atoms with Crippen LogP contribution >= 0.6 is 23.1 Å². The predicted molar refractivity (Wildman–Crippen MR) is 125 cm³/mol. The second kappa shape index (κ2) is 8.77. The number of ether oxygens (including phenoxy) is 2. The maximum absolute atomic E-state index is 12.7. The van der Waals surface area contributed by atoms with Crippen LogP contribution in [-0.4, -0.2) is 37.2 Å².